The minimum Gasteiger partial charge on any atom is -0.465 e. The summed E-state index contributed by atoms with van der Waals surface area (Å²) in [6.07, 6.45) is 3.87. The maximum atomic E-state index is 11.8. The zero-order valence-electron chi connectivity index (χ0n) is 18.1. The van der Waals surface area contributed by atoms with Crippen molar-refractivity contribution in [3.05, 3.63) is 82.8 Å². The summed E-state index contributed by atoms with van der Waals surface area (Å²) in [5.74, 6) is -0.0902. The molecule has 0 bridgehead atoms. The number of methoxy groups -OCH3 is 1. The van der Waals surface area contributed by atoms with E-state index in [0.29, 0.717) is 11.3 Å². The fraction of sp³-hybridized carbons (Fsp3) is 0.292. The highest BCUT2D eigenvalue weighted by atomic mass is 31.0. The highest BCUT2D eigenvalue weighted by Crippen LogP contribution is 2.35. The topological polar surface area (TPSA) is 108 Å². The Morgan fingerprint density at radius 3 is 2.42 bits per heavy atom. The molecule has 1 saturated heterocycles. The van der Waals surface area contributed by atoms with Crippen molar-refractivity contribution in [2.24, 2.45) is 17.2 Å². The summed E-state index contributed by atoms with van der Waals surface area (Å²) >= 11 is 0. The molecule has 0 aliphatic carbocycles. The lowest BCUT2D eigenvalue weighted by Crippen LogP contribution is -2.44. The van der Waals surface area contributed by atoms with Crippen LogP contribution in [0.2, 0.25) is 0 Å². The zero-order chi connectivity index (χ0) is 22.6. The summed E-state index contributed by atoms with van der Waals surface area (Å²) in [4.78, 5) is 14.0. The smallest absolute Gasteiger partial charge is 0.337 e. The quantitative estimate of drug-likeness (QED) is 0.376. The average Bonchev–Trinajstić information content (AvgIpc) is 2.77. The van der Waals surface area contributed by atoms with Crippen LogP contribution in [-0.2, 0) is 10.2 Å². The van der Waals surface area contributed by atoms with Gasteiger partial charge in [-0.25, -0.2) is 4.79 Å². The van der Waals surface area contributed by atoms with E-state index in [-0.39, 0.29) is 17.2 Å². The van der Waals surface area contributed by atoms with Crippen LogP contribution in [0.3, 0.4) is 0 Å². The lowest BCUT2D eigenvalue weighted by Gasteiger charge is -2.42. The van der Waals surface area contributed by atoms with Crippen LogP contribution in [0.1, 0.15) is 41.3 Å². The summed E-state index contributed by atoms with van der Waals surface area (Å²) in [6, 6.07) is 15.5. The third-order valence-corrected chi connectivity index (χ3v) is 6.40. The molecule has 0 spiro atoms. The van der Waals surface area contributed by atoms with Gasteiger partial charge < -0.3 is 26.8 Å². The maximum Gasteiger partial charge on any atom is 0.337 e. The molecule has 0 aromatic heterocycles. The molecule has 31 heavy (non-hydrogen) atoms. The molecule has 6 N–H and O–H groups in total. The molecule has 1 aliphatic rings. The molecule has 1 aliphatic heterocycles. The minimum absolute atomic E-state index is 0.116. The molecule has 0 amide bonds. The fourth-order valence-electron chi connectivity index (χ4n) is 4.15. The molecular weight excluding hydrogens is 407 g/mol. The molecule has 2 atom stereocenters. The summed E-state index contributed by atoms with van der Waals surface area (Å²) in [7, 11) is 4.09. The SMILES string of the molecule is COC(=O)c1ccc(C2(C)CCCN(C(/C=C(\N)c3ccccc3P)=C(N)N)C2)cc1. The van der Waals surface area contributed by atoms with Gasteiger partial charge in [0.25, 0.3) is 0 Å². The van der Waals surface area contributed by atoms with Crippen molar-refractivity contribution < 1.29 is 9.53 Å². The number of likely N-dealkylation sites (tertiary alicyclic amines) is 1. The van der Waals surface area contributed by atoms with E-state index in [2.05, 4.69) is 21.1 Å². The number of allylic oxidation sites excluding steroid dienone is 1. The monoisotopic (exact) mass is 438 g/mol. The number of esters is 1. The predicted octanol–water partition coefficient (Wildman–Crippen LogP) is 2.41. The van der Waals surface area contributed by atoms with Crippen molar-refractivity contribution >= 4 is 26.2 Å². The molecular formula is C24H31N4O2P. The summed E-state index contributed by atoms with van der Waals surface area (Å²) in [6.45, 7) is 3.81. The van der Waals surface area contributed by atoms with Gasteiger partial charge in [-0.1, -0.05) is 43.3 Å². The van der Waals surface area contributed by atoms with Gasteiger partial charge in [-0.05, 0) is 41.9 Å². The van der Waals surface area contributed by atoms with Gasteiger partial charge in [0.2, 0.25) is 0 Å². The van der Waals surface area contributed by atoms with Gasteiger partial charge in [-0.15, -0.1) is 9.24 Å². The van der Waals surface area contributed by atoms with E-state index < -0.39 is 0 Å². The Labute approximate surface area is 186 Å². The highest BCUT2D eigenvalue weighted by molar-refractivity contribution is 7.27. The third kappa shape index (κ3) is 5.02. The number of carbonyl (C=O) groups excluding carboxylic acids is 1. The Kier molecular flexibility index (Phi) is 6.91. The Morgan fingerprint density at radius 2 is 1.81 bits per heavy atom. The van der Waals surface area contributed by atoms with Crippen LogP contribution in [0.25, 0.3) is 5.70 Å². The second kappa shape index (κ2) is 9.44. The molecule has 1 fully saturated rings. The number of hydrogen-bond acceptors (Lipinski definition) is 6. The fourth-order valence-corrected chi connectivity index (χ4v) is 4.52. The normalized spacial score (nSPS) is 19.1. The van der Waals surface area contributed by atoms with Gasteiger partial charge >= 0.3 is 5.97 Å². The number of ether oxygens (including phenoxy) is 1. The number of nitrogens with two attached hydrogens (primary N) is 3. The standard InChI is InChI=1S/C24H31N4O2P/c1-24(17-10-8-16(9-11-17)23(29)30-2)12-5-13-28(15-24)20(22(26)27)14-19(25)18-6-3-4-7-21(18)31/h3-4,6-11,14H,5,12-13,15,25-27,31H2,1-2H3/b19-14-. The number of nitrogens with zero attached hydrogens (tertiary/aromatic N) is 1. The molecule has 2 aromatic carbocycles. The van der Waals surface area contributed by atoms with E-state index in [4.69, 9.17) is 21.9 Å². The summed E-state index contributed by atoms with van der Waals surface area (Å²) in [5, 5.41) is 1.01. The van der Waals surface area contributed by atoms with Crippen molar-refractivity contribution in [1.82, 2.24) is 4.90 Å². The van der Waals surface area contributed by atoms with Crippen molar-refractivity contribution in [3.63, 3.8) is 0 Å². The van der Waals surface area contributed by atoms with Gasteiger partial charge in [0.05, 0.1) is 18.4 Å². The van der Waals surface area contributed by atoms with E-state index in [1.54, 1.807) is 0 Å². The van der Waals surface area contributed by atoms with Crippen LogP contribution < -0.4 is 22.5 Å². The lowest BCUT2D eigenvalue weighted by atomic mass is 9.75. The Morgan fingerprint density at radius 1 is 1.13 bits per heavy atom. The summed E-state index contributed by atoms with van der Waals surface area (Å²) in [5.41, 5.74) is 22.5. The first-order chi connectivity index (χ1) is 14.7. The van der Waals surface area contributed by atoms with Crippen LogP contribution in [-0.4, -0.2) is 31.1 Å². The third-order valence-electron chi connectivity index (χ3n) is 5.90. The largest absolute Gasteiger partial charge is 0.465 e. The second-order valence-electron chi connectivity index (χ2n) is 8.18. The first-order valence-corrected chi connectivity index (χ1v) is 10.8. The first-order valence-electron chi connectivity index (χ1n) is 10.3. The maximum absolute atomic E-state index is 11.8. The van der Waals surface area contributed by atoms with E-state index >= 15 is 0 Å². The lowest BCUT2D eigenvalue weighted by molar-refractivity contribution is 0.0600. The van der Waals surface area contributed by atoms with Crippen molar-refractivity contribution in [2.45, 2.75) is 25.2 Å². The number of benzene rings is 2. The Bertz CT molecular complexity index is 1010. The number of piperidine rings is 1. The van der Waals surface area contributed by atoms with Crippen LogP contribution in [0, 0.1) is 0 Å². The van der Waals surface area contributed by atoms with Crippen molar-refractivity contribution in [3.8, 4) is 0 Å². The number of carbonyl (C=O) groups is 1. The van der Waals surface area contributed by atoms with Crippen LogP contribution >= 0.6 is 9.24 Å². The van der Waals surface area contributed by atoms with Gasteiger partial charge in [0.1, 0.15) is 5.82 Å². The van der Waals surface area contributed by atoms with Gasteiger partial charge in [0.15, 0.2) is 0 Å². The molecule has 0 radical (unpaired) electrons. The van der Waals surface area contributed by atoms with E-state index in [1.807, 2.05) is 54.6 Å². The van der Waals surface area contributed by atoms with Gasteiger partial charge in [0, 0.05) is 29.8 Å². The molecule has 3 rings (SSSR count). The van der Waals surface area contributed by atoms with Gasteiger partial charge in [-0.3, -0.25) is 0 Å². The molecule has 2 aromatic rings. The van der Waals surface area contributed by atoms with E-state index in [0.717, 1.165) is 48.1 Å². The van der Waals surface area contributed by atoms with E-state index in [9.17, 15) is 4.79 Å². The zero-order valence-corrected chi connectivity index (χ0v) is 19.3. The molecule has 2 unspecified atom stereocenters. The molecule has 0 saturated carbocycles. The molecule has 1 heterocycles. The van der Waals surface area contributed by atoms with Crippen molar-refractivity contribution in [1.29, 1.82) is 0 Å². The van der Waals surface area contributed by atoms with Crippen LogP contribution in [0.4, 0.5) is 0 Å². The number of rotatable bonds is 5. The Balaban J connectivity index is 1.88. The minimum atomic E-state index is -0.335. The van der Waals surface area contributed by atoms with Crippen LogP contribution in [0.15, 0.2) is 66.1 Å². The predicted molar refractivity (Wildman–Crippen MR) is 129 cm³/mol. The number of hydrogen-bond donors (Lipinski definition) is 3. The Hall–Kier alpha value is -2.98. The van der Waals surface area contributed by atoms with E-state index in [1.165, 1.54) is 7.11 Å². The van der Waals surface area contributed by atoms with Crippen molar-refractivity contribution in [2.75, 3.05) is 20.2 Å². The van der Waals surface area contributed by atoms with Gasteiger partial charge in [-0.2, -0.15) is 0 Å². The second-order valence-corrected chi connectivity index (χ2v) is 8.80. The van der Waals surface area contributed by atoms with Crippen LogP contribution in [0.5, 0.6) is 0 Å². The first kappa shape index (κ1) is 22.7. The average molecular weight is 439 g/mol. The molecule has 164 valence electrons. The summed E-state index contributed by atoms with van der Waals surface area (Å²) < 4.78 is 4.80. The highest BCUT2D eigenvalue weighted by Gasteiger charge is 2.34. The molecule has 6 nitrogen and oxygen atoms in total. The molecule has 7 heteroatoms.